The van der Waals surface area contributed by atoms with Gasteiger partial charge in [-0.3, -0.25) is 4.79 Å². The van der Waals surface area contributed by atoms with Crippen molar-refractivity contribution in [1.82, 2.24) is 5.32 Å². The molecule has 0 aromatic rings. The first kappa shape index (κ1) is 9.33. The molecule has 0 aromatic heterocycles. The monoisotopic (exact) mass is 142 g/mol. The first-order chi connectivity index (χ1) is 4.81. The highest BCUT2D eigenvalue weighted by atomic mass is 16.1. The third-order valence-corrected chi connectivity index (χ3v) is 1.08. The minimum atomic E-state index is 0.0250. The van der Waals surface area contributed by atoms with Crippen LogP contribution in [0.1, 0.15) is 6.42 Å². The zero-order chi connectivity index (χ0) is 7.82. The smallest absolute Gasteiger partial charge is 0.168 e. The van der Waals surface area contributed by atoms with Crippen LogP contribution in [-0.4, -0.2) is 25.4 Å². The lowest BCUT2D eigenvalue weighted by molar-refractivity contribution is -0.113. The summed E-state index contributed by atoms with van der Waals surface area (Å²) in [6.45, 7) is 5.19. The molecule has 0 aliphatic carbocycles. The Labute approximate surface area is 61.3 Å². The number of nitrogens with two attached hydrogens (primary N) is 1. The van der Waals surface area contributed by atoms with E-state index < -0.39 is 0 Å². The van der Waals surface area contributed by atoms with E-state index in [1.165, 1.54) is 6.08 Å². The van der Waals surface area contributed by atoms with Crippen LogP contribution in [0.2, 0.25) is 0 Å². The molecule has 10 heavy (non-hydrogen) atoms. The van der Waals surface area contributed by atoms with E-state index in [4.69, 9.17) is 5.73 Å². The molecule has 0 saturated heterocycles. The molecule has 0 unspecified atom stereocenters. The van der Waals surface area contributed by atoms with Crippen molar-refractivity contribution in [2.75, 3.05) is 19.6 Å². The van der Waals surface area contributed by atoms with Gasteiger partial charge in [0, 0.05) is 0 Å². The average molecular weight is 142 g/mol. The maximum absolute atomic E-state index is 10.6. The van der Waals surface area contributed by atoms with Gasteiger partial charge in [-0.2, -0.15) is 0 Å². The third-order valence-electron chi connectivity index (χ3n) is 1.08. The van der Waals surface area contributed by atoms with Crippen LogP contribution in [0.15, 0.2) is 12.7 Å². The van der Waals surface area contributed by atoms with E-state index in [2.05, 4.69) is 11.9 Å². The lowest BCUT2D eigenvalue weighted by Crippen LogP contribution is -2.24. The van der Waals surface area contributed by atoms with Crippen LogP contribution in [0, 0.1) is 0 Å². The Hall–Kier alpha value is -0.670. The highest BCUT2D eigenvalue weighted by molar-refractivity contribution is 5.90. The number of ketones is 1. The number of hydrogen-bond donors (Lipinski definition) is 2. The Morgan fingerprint density at radius 1 is 1.70 bits per heavy atom. The first-order valence-corrected chi connectivity index (χ1v) is 3.37. The van der Waals surface area contributed by atoms with Crippen molar-refractivity contribution < 1.29 is 4.79 Å². The fourth-order valence-corrected chi connectivity index (χ4v) is 0.511. The second kappa shape index (κ2) is 6.45. The van der Waals surface area contributed by atoms with Crippen molar-refractivity contribution >= 4 is 5.78 Å². The van der Waals surface area contributed by atoms with E-state index in [9.17, 15) is 4.79 Å². The summed E-state index contributed by atoms with van der Waals surface area (Å²) < 4.78 is 0. The zero-order valence-electron chi connectivity index (χ0n) is 6.10. The molecule has 3 nitrogen and oxygen atoms in total. The van der Waals surface area contributed by atoms with Gasteiger partial charge in [-0.25, -0.2) is 0 Å². The van der Waals surface area contributed by atoms with Crippen LogP contribution in [0.3, 0.4) is 0 Å². The third kappa shape index (κ3) is 5.47. The maximum atomic E-state index is 10.6. The predicted octanol–water partition coefficient (Wildman–Crippen LogP) is -0.320. The number of hydrogen-bond acceptors (Lipinski definition) is 3. The van der Waals surface area contributed by atoms with Gasteiger partial charge in [0.1, 0.15) is 0 Å². The van der Waals surface area contributed by atoms with E-state index >= 15 is 0 Å². The van der Waals surface area contributed by atoms with Crippen LogP contribution in [0.4, 0.5) is 0 Å². The normalized spacial score (nSPS) is 9.30. The summed E-state index contributed by atoms with van der Waals surface area (Å²) in [6.07, 6.45) is 2.22. The van der Waals surface area contributed by atoms with Crippen molar-refractivity contribution in [3.63, 3.8) is 0 Å². The SMILES string of the molecule is C=CC(=O)CNCCCN. The highest BCUT2D eigenvalue weighted by Crippen LogP contribution is 1.72. The molecule has 0 saturated carbocycles. The van der Waals surface area contributed by atoms with Gasteiger partial charge in [0.2, 0.25) is 0 Å². The standard InChI is InChI=1S/C7H14N2O/c1-2-7(10)6-9-5-3-4-8/h2,9H,1,3-6,8H2. The lowest BCUT2D eigenvalue weighted by Gasteiger charge is -1.98. The number of nitrogens with one attached hydrogen (secondary N) is 1. The van der Waals surface area contributed by atoms with Gasteiger partial charge < -0.3 is 11.1 Å². The lowest BCUT2D eigenvalue weighted by atomic mass is 10.3. The molecule has 0 rings (SSSR count). The molecule has 0 aliphatic heterocycles. The van der Waals surface area contributed by atoms with E-state index in [1.807, 2.05) is 0 Å². The largest absolute Gasteiger partial charge is 0.330 e. The molecule has 0 amide bonds. The van der Waals surface area contributed by atoms with Crippen LogP contribution < -0.4 is 11.1 Å². The van der Waals surface area contributed by atoms with Crippen LogP contribution in [0.5, 0.6) is 0 Å². The number of carbonyl (C=O) groups excluding carboxylic acids is 1. The van der Waals surface area contributed by atoms with Crippen molar-refractivity contribution in [3.8, 4) is 0 Å². The van der Waals surface area contributed by atoms with Gasteiger partial charge in [0.15, 0.2) is 5.78 Å². The average Bonchev–Trinajstić information content (AvgIpc) is 1.98. The fraction of sp³-hybridized carbons (Fsp3) is 0.571. The molecular formula is C7H14N2O. The molecule has 0 radical (unpaired) electrons. The summed E-state index contributed by atoms with van der Waals surface area (Å²) in [7, 11) is 0. The zero-order valence-corrected chi connectivity index (χ0v) is 6.10. The first-order valence-electron chi connectivity index (χ1n) is 3.37. The molecule has 0 aromatic carbocycles. The van der Waals surface area contributed by atoms with E-state index in [1.54, 1.807) is 0 Å². The van der Waals surface area contributed by atoms with Crippen molar-refractivity contribution in [1.29, 1.82) is 0 Å². The molecule has 3 N–H and O–H groups in total. The molecule has 0 heterocycles. The van der Waals surface area contributed by atoms with Gasteiger partial charge >= 0.3 is 0 Å². The summed E-state index contributed by atoms with van der Waals surface area (Å²) in [5, 5.41) is 2.94. The molecule has 0 atom stereocenters. The summed E-state index contributed by atoms with van der Waals surface area (Å²) >= 11 is 0. The molecular weight excluding hydrogens is 128 g/mol. The number of rotatable bonds is 6. The van der Waals surface area contributed by atoms with Crippen LogP contribution >= 0.6 is 0 Å². The molecule has 0 fully saturated rings. The predicted molar refractivity (Wildman–Crippen MR) is 41.7 cm³/mol. The van der Waals surface area contributed by atoms with Crippen molar-refractivity contribution in [3.05, 3.63) is 12.7 Å². The van der Waals surface area contributed by atoms with E-state index in [0.717, 1.165) is 13.0 Å². The van der Waals surface area contributed by atoms with Crippen molar-refractivity contribution in [2.24, 2.45) is 5.73 Å². The maximum Gasteiger partial charge on any atom is 0.168 e. The van der Waals surface area contributed by atoms with Crippen LogP contribution in [-0.2, 0) is 4.79 Å². The number of carbonyl (C=O) groups is 1. The minimum Gasteiger partial charge on any atom is -0.330 e. The molecule has 0 bridgehead atoms. The van der Waals surface area contributed by atoms with E-state index in [0.29, 0.717) is 13.1 Å². The second-order valence-corrected chi connectivity index (χ2v) is 1.99. The van der Waals surface area contributed by atoms with Gasteiger partial charge in [-0.15, -0.1) is 0 Å². The minimum absolute atomic E-state index is 0.0250. The quantitative estimate of drug-likeness (QED) is 0.395. The van der Waals surface area contributed by atoms with Gasteiger partial charge in [0.05, 0.1) is 6.54 Å². The summed E-state index contributed by atoms with van der Waals surface area (Å²) in [6, 6.07) is 0. The topological polar surface area (TPSA) is 55.1 Å². The van der Waals surface area contributed by atoms with Gasteiger partial charge in [0.25, 0.3) is 0 Å². The van der Waals surface area contributed by atoms with E-state index in [-0.39, 0.29) is 5.78 Å². The fourth-order valence-electron chi connectivity index (χ4n) is 0.511. The van der Waals surface area contributed by atoms with Crippen LogP contribution in [0.25, 0.3) is 0 Å². The van der Waals surface area contributed by atoms with Gasteiger partial charge in [-0.1, -0.05) is 6.58 Å². The molecule has 0 spiro atoms. The Kier molecular flexibility index (Phi) is 6.02. The summed E-state index contributed by atoms with van der Waals surface area (Å²) in [5.74, 6) is 0.0250. The molecule has 3 heteroatoms. The van der Waals surface area contributed by atoms with Crippen molar-refractivity contribution in [2.45, 2.75) is 6.42 Å². The Morgan fingerprint density at radius 2 is 2.40 bits per heavy atom. The Balaban J connectivity index is 3.03. The molecule has 58 valence electrons. The Bertz CT molecular complexity index is 112. The highest BCUT2D eigenvalue weighted by Gasteiger charge is 1.91. The summed E-state index contributed by atoms with van der Waals surface area (Å²) in [5.41, 5.74) is 5.23. The summed E-state index contributed by atoms with van der Waals surface area (Å²) in [4.78, 5) is 10.6. The molecule has 0 aliphatic rings. The Morgan fingerprint density at radius 3 is 2.90 bits per heavy atom. The second-order valence-electron chi connectivity index (χ2n) is 1.99. The van der Waals surface area contributed by atoms with Gasteiger partial charge in [-0.05, 0) is 25.6 Å².